The molecule has 9 nitrogen and oxygen atoms in total. The number of nitrogens with one attached hydrogen (secondary N) is 2. The lowest BCUT2D eigenvalue weighted by atomic mass is 9.99. The number of aromatic hydroxyl groups is 1. The number of rotatable bonds is 8. The van der Waals surface area contributed by atoms with Gasteiger partial charge in [-0.1, -0.05) is 31.2 Å². The van der Waals surface area contributed by atoms with E-state index in [-0.39, 0.29) is 17.7 Å². The molecule has 2 aromatic carbocycles. The topological polar surface area (TPSA) is 128 Å². The van der Waals surface area contributed by atoms with Crippen LogP contribution in [0, 0.1) is 26.7 Å². The number of amides is 3. The van der Waals surface area contributed by atoms with E-state index in [1.165, 1.54) is 11.0 Å². The smallest absolute Gasteiger partial charge is 0.408 e. The van der Waals surface area contributed by atoms with E-state index in [1.54, 1.807) is 39.8 Å². The molecule has 0 spiro atoms. The number of carbonyl (C=O) groups is 3. The van der Waals surface area contributed by atoms with Crippen molar-refractivity contribution in [1.82, 2.24) is 10.2 Å². The van der Waals surface area contributed by atoms with Crippen LogP contribution in [0.1, 0.15) is 62.4 Å². The maximum absolute atomic E-state index is 14.0. The number of alkyl carbamates (subject to hydrolysis) is 1. The molecule has 9 heteroatoms. The number of hydrogen-bond donors (Lipinski definition) is 4. The number of phenols is 1. The molecule has 4 atom stereocenters. The van der Waals surface area contributed by atoms with Gasteiger partial charge < -0.3 is 30.5 Å². The van der Waals surface area contributed by atoms with Crippen LogP contribution in [0.4, 0.5) is 10.5 Å². The van der Waals surface area contributed by atoms with Crippen molar-refractivity contribution in [2.24, 2.45) is 5.92 Å². The maximum Gasteiger partial charge on any atom is 0.408 e. The van der Waals surface area contributed by atoms with Crippen LogP contribution in [0.15, 0.2) is 36.4 Å². The Bertz CT molecular complexity index is 1190. The van der Waals surface area contributed by atoms with Crippen molar-refractivity contribution < 1.29 is 29.3 Å². The molecule has 3 amide bonds. The highest BCUT2D eigenvalue weighted by atomic mass is 16.6. The molecule has 2 aromatic rings. The van der Waals surface area contributed by atoms with Crippen LogP contribution in [0.5, 0.6) is 5.75 Å². The summed E-state index contributed by atoms with van der Waals surface area (Å²) in [6.07, 6.45) is -0.175. The van der Waals surface area contributed by atoms with Crippen LogP contribution >= 0.6 is 0 Å². The first kappa shape index (κ1) is 29.0. The Morgan fingerprint density at radius 3 is 2.18 bits per heavy atom. The van der Waals surface area contributed by atoms with E-state index in [4.69, 9.17) is 4.74 Å². The lowest BCUT2D eigenvalue weighted by Gasteiger charge is -2.35. The number of para-hydroxylation sites is 1. The fourth-order valence-corrected chi connectivity index (χ4v) is 4.48. The molecular formula is C29H39N3O6. The van der Waals surface area contributed by atoms with E-state index in [9.17, 15) is 24.6 Å². The number of benzene rings is 2. The highest BCUT2D eigenvalue weighted by Gasteiger charge is 2.48. The fourth-order valence-electron chi connectivity index (χ4n) is 4.48. The van der Waals surface area contributed by atoms with Gasteiger partial charge in [0.2, 0.25) is 5.91 Å². The molecule has 0 aliphatic heterocycles. The van der Waals surface area contributed by atoms with Crippen molar-refractivity contribution in [3.8, 4) is 5.75 Å². The van der Waals surface area contributed by atoms with Gasteiger partial charge in [0.15, 0.2) is 0 Å². The molecule has 1 saturated carbocycles. The Labute approximate surface area is 224 Å². The van der Waals surface area contributed by atoms with E-state index >= 15 is 0 Å². The number of anilines is 1. The summed E-state index contributed by atoms with van der Waals surface area (Å²) in [4.78, 5) is 41.8. The molecule has 0 saturated heterocycles. The number of hydrogen-bond acceptors (Lipinski definition) is 6. The summed E-state index contributed by atoms with van der Waals surface area (Å²) in [7, 11) is 0. The molecule has 1 fully saturated rings. The van der Waals surface area contributed by atoms with Gasteiger partial charge in [-0.05, 0) is 88.3 Å². The van der Waals surface area contributed by atoms with Crippen molar-refractivity contribution in [2.45, 2.75) is 78.6 Å². The third-order valence-electron chi connectivity index (χ3n) is 6.64. The highest BCUT2D eigenvalue weighted by molar-refractivity contribution is 6.00. The van der Waals surface area contributed by atoms with Gasteiger partial charge in [0.05, 0.1) is 6.61 Å². The average molecular weight is 526 g/mol. The second kappa shape index (κ2) is 11.4. The van der Waals surface area contributed by atoms with Gasteiger partial charge in [0.25, 0.3) is 5.91 Å². The van der Waals surface area contributed by atoms with Crippen LogP contribution in [0.3, 0.4) is 0 Å². The first-order valence-corrected chi connectivity index (χ1v) is 12.8. The van der Waals surface area contributed by atoms with Crippen molar-refractivity contribution in [3.05, 3.63) is 58.7 Å². The number of phenolic OH excluding ortho intramolecular Hbond substituents is 1. The minimum Gasteiger partial charge on any atom is -0.508 e. The van der Waals surface area contributed by atoms with Gasteiger partial charge in [-0.15, -0.1) is 0 Å². The fraction of sp³-hybridized carbons (Fsp3) is 0.483. The van der Waals surface area contributed by atoms with Crippen LogP contribution < -0.4 is 10.6 Å². The Hall–Kier alpha value is -3.59. The van der Waals surface area contributed by atoms with E-state index in [0.29, 0.717) is 23.2 Å². The molecule has 38 heavy (non-hydrogen) atoms. The van der Waals surface area contributed by atoms with E-state index in [0.717, 1.165) is 11.1 Å². The van der Waals surface area contributed by atoms with E-state index < -0.39 is 42.2 Å². The molecule has 3 rings (SSSR count). The molecule has 1 aliphatic rings. The molecule has 0 bridgehead atoms. The van der Waals surface area contributed by atoms with Gasteiger partial charge in [-0.2, -0.15) is 0 Å². The lowest BCUT2D eigenvalue weighted by molar-refractivity contribution is -0.142. The quantitative estimate of drug-likeness (QED) is 0.411. The third-order valence-corrected chi connectivity index (χ3v) is 6.64. The number of ether oxygens (including phenoxy) is 1. The predicted octanol–water partition coefficient (Wildman–Crippen LogP) is 4.12. The number of carbonyl (C=O) groups excluding carboxylic acids is 3. The van der Waals surface area contributed by atoms with Crippen LogP contribution in [-0.2, 0) is 14.3 Å². The van der Waals surface area contributed by atoms with Crippen LogP contribution in [-0.4, -0.2) is 57.3 Å². The van der Waals surface area contributed by atoms with Crippen molar-refractivity contribution in [2.75, 3.05) is 11.9 Å². The number of aliphatic hydroxyl groups excluding tert-OH is 1. The van der Waals surface area contributed by atoms with Crippen LogP contribution in [0.2, 0.25) is 0 Å². The molecule has 206 valence electrons. The summed E-state index contributed by atoms with van der Waals surface area (Å²) in [6.45, 7) is 11.9. The first-order valence-electron chi connectivity index (χ1n) is 12.8. The number of aryl methyl sites for hydroxylation is 3. The highest BCUT2D eigenvalue weighted by Crippen LogP contribution is 2.41. The van der Waals surface area contributed by atoms with Gasteiger partial charge in [-0.25, -0.2) is 4.79 Å². The van der Waals surface area contributed by atoms with Gasteiger partial charge in [-0.3, -0.25) is 9.59 Å². The molecule has 4 N–H and O–H groups in total. The summed E-state index contributed by atoms with van der Waals surface area (Å²) >= 11 is 0. The van der Waals surface area contributed by atoms with Crippen LogP contribution in [0.25, 0.3) is 0 Å². The monoisotopic (exact) mass is 525 g/mol. The predicted molar refractivity (Wildman–Crippen MR) is 145 cm³/mol. The third kappa shape index (κ3) is 6.83. The summed E-state index contributed by atoms with van der Waals surface area (Å²) in [5, 5.41) is 25.7. The molecule has 0 heterocycles. The average Bonchev–Trinajstić information content (AvgIpc) is 3.54. The van der Waals surface area contributed by atoms with Crippen molar-refractivity contribution >= 4 is 23.6 Å². The summed E-state index contributed by atoms with van der Waals surface area (Å²) in [5.41, 5.74) is 2.65. The van der Waals surface area contributed by atoms with Crippen molar-refractivity contribution in [3.63, 3.8) is 0 Å². The van der Waals surface area contributed by atoms with Gasteiger partial charge in [0.1, 0.15) is 23.4 Å². The maximum atomic E-state index is 14.0. The summed E-state index contributed by atoms with van der Waals surface area (Å²) in [5.74, 6) is -0.845. The Morgan fingerprint density at radius 1 is 1.08 bits per heavy atom. The number of nitrogens with zero attached hydrogens (tertiary/aromatic N) is 1. The van der Waals surface area contributed by atoms with Crippen molar-refractivity contribution in [1.29, 1.82) is 0 Å². The molecule has 0 radical (unpaired) electrons. The Balaban J connectivity index is 2.04. The minimum absolute atomic E-state index is 0.0696. The van der Waals surface area contributed by atoms with Gasteiger partial charge >= 0.3 is 6.09 Å². The Morgan fingerprint density at radius 2 is 1.68 bits per heavy atom. The molecule has 0 aromatic heterocycles. The molecule has 4 unspecified atom stereocenters. The zero-order chi connectivity index (χ0) is 28.4. The van der Waals surface area contributed by atoms with E-state index in [2.05, 4.69) is 10.6 Å². The van der Waals surface area contributed by atoms with Gasteiger partial charge in [0, 0.05) is 11.7 Å². The SMILES string of the molecule is Cc1cc(C(C(=O)Nc2c(C)cccc2C)N(C(=O)C(CO)NC(=O)OC(C)(C)C)C2CC2C)ccc1O. The zero-order valence-electron chi connectivity index (χ0n) is 23.2. The lowest BCUT2D eigenvalue weighted by Crippen LogP contribution is -2.54. The largest absolute Gasteiger partial charge is 0.508 e. The number of aliphatic hydroxyl groups is 1. The standard InChI is InChI=1S/C29H39N3O6/c1-16-9-8-10-17(2)24(16)31-26(35)25(20-11-12-23(34)19(4)13-20)32(22-14-18(22)3)27(36)21(15-33)30-28(37)38-29(5,6)7/h8-13,18,21-22,25,33-34H,14-15H2,1-7H3,(H,30,37)(H,31,35). The summed E-state index contributed by atoms with van der Waals surface area (Å²) in [6, 6.07) is 7.79. The van der Waals surface area contributed by atoms with E-state index in [1.807, 2.05) is 39.0 Å². The normalized spacial score (nSPS) is 18.2. The Kier molecular flexibility index (Phi) is 8.72. The second-order valence-corrected chi connectivity index (χ2v) is 11.1. The first-order chi connectivity index (χ1) is 17.7. The summed E-state index contributed by atoms with van der Waals surface area (Å²) < 4.78 is 5.29. The minimum atomic E-state index is -1.31. The second-order valence-electron chi connectivity index (χ2n) is 11.1. The molecule has 1 aliphatic carbocycles. The molecular weight excluding hydrogens is 486 g/mol. The zero-order valence-corrected chi connectivity index (χ0v) is 23.2.